The fourth-order valence-corrected chi connectivity index (χ4v) is 1.87. The zero-order chi connectivity index (χ0) is 12.3. The number of anilines is 3. The molecule has 1 aromatic heterocycles. The fourth-order valence-electron chi connectivity index (χ4n) is 1.33. The van der Waals surface area contributed by atoms with Crippen LogP contribution in [0.2, 0.25) is 0 Å². The number of nitrogen functional groups attached to an aromatic ring is 1. The van der Waals surface area contributed by atoms with Crippen LogP contribution in [-0.2, 0) is 0 Å². The van der Waals surface area contributed by atoms with Crippen LogP contribution in [0.4, 0.5) is 17.3 Å². The van der Waals surface area contributed by atoms with Gasteiger partial charge in [0.05, 0.1) is 24.0 Å². The van der Waals surface area contributed by atoms with E-state index in [0.717, 1.165) is 15.9 Å². The van der Waals surface area contributed by atoms with Crippen LogP contribution >= 0.6 is 15.9 Å². The summed E-state index contributed by atoms with van der Waals surface area (Å²) < 4.78 is 6.01. The maximum absolute atomic E-state index is 5.54. The van der Waals surface area contributed by atoms with Gasteiger partial charge in [0.15, 0.2) is 5.82 Å². The Labute approximate surface area is 107 Å². The Kier molecular flexibility index (Phi) is 3.43. The molecule has 0 aliphatic heterocycles. The van der Waals surface area contributed by atoms with Gasteiger partial charge < -0.3 is 15.8 Å². The van der Waals surface area contributed by atoms with Crippen molar-refractivity contribution in [1.82, 2.24) is 9.97 Å². The van der Waals surface area contributed by atoms with Gasteiger partial charge in [-0.25, -0.2) is 4.98 Å². The number of nitrogens with zero attached hydrogens (tertiary/aromatic N) is 2. The minimum Gasteiger partial charge on any atom is -0.496 e. The van der Waals surface area contributed by atoms with E-state index in [1.807, 2.05) is 18.2 Å². The van der Waals surface area contributed by atoms with Crippen molar-refractivity contribution < 1.29 is 4.74 Å². The highest BCUT2D eigenvalue weighted by atomic mass is 79.9. The zero-order valence-corrected chi connectivity index (χ0v) is 10.7. The SMILES string of the molecule is COc1ccc(Nc2cncc(N)n2)cc1Br. The summed E-state index contributed by atoms with van der Waals surface area (Å²) in [6.07, 6.45) is 3.10. The number of hydrogen-bond donors (Lipinski definition) is 2. The number of halogens is 1. The van der Waals surface area contributed by atoms with Gasteiger partial charge in [-0.3, -0.25) is 4.98 Å². The average Bonchev–Trinajstić information content (AvgIpc) is 2.29. The van der Waals surface area contributed by atoms with Crippen LogP contribution in [0.5, 0.6) is 5.75 Å². The standard InChI is InChI=1S/C11H11BrN4O/c1-17-9-3-2-7(4-8(9)12)15-11-6-14-5-10(13)16-11/h2-6H,1H3,(H3,13,15,16). The Balaban J connectivity index is 2.22. The lowest BCUT2D eigenvalue weighted by molar-refractivity contribution is 0.412. The second-order valence-corrected chi connectivity index (χ2v) is 4.16. The Morgan fingerprint density at radius 3 is 2.82 bits per heavy atom. The lowest BCUT2D eigenvalue weighted by Crippen LogP contribution is -1.98. The summed E-state index contributed by atoms with van der Waals surface area (Å²) in [5.74, 6) is 1.75. The quantitative estimate of drug-likeness (QED) is 0.910. The molecule has 2 aromatic rings. The van der Waals surface area contributed by atoms with Gasteiger partial charge in [-0.15, -0.1) is 0 Å². The van der Waals surface area contributed by atoms with Gasteiger partial charge in [-0.2, -0.15) is 0 Å². The van der Waals surface area contributed by atoms with Crippen LogP contribution in [0.15, 0.2) is 35.1 Å². The molecule has 0 saturated heterocycles. The maximum Gasteiger partial charge on any atom is 0.151 e. The minimum absolute atomic E-state index is 0.377. The Hall–Kier alpha value is -1.82. The Bertz CT molecular complexity index is 533. The highest BCUT2D eigenvalue weighted by Crippen LogP contribution is 2.28. The molecule has 0 fully saturated rings. The smallest absolute Gasteiger partial charge is 0.151 e. The molecule has 0 saturated carbocycles. The molecule has 88 valence electrons. The Morgan fingerprint density at radius 1 is 1.35 bits per heavy atom. The van der Waals surface area contributed by atoms with Crippen molar-refractivity contribution in [3.05, 3.63) is 35.1 Å². The van der Waals surface area contributed by atoms with E-state index in [2.05, 4.69) is 31.2 Å². The second kappa shape index (κ2) is 5.01. The molecule has 1 heterocycles. The summed E-state index contributed by atoms with van der Waals surface area (Å²) in [4.78, 5) is 8.05. The Morgan fingerprint density at radius 2 is 2.18 bits per heavy atom. The molecular formula is C11H11BrN4O. The summed E-state index contributed by atoms with van der Waals surface area (Å²) in [7, 11) is 1.62. The van der Waals surface area contributed by atoms with Crippen molar-refractivity contribution in [2.75, 3.05) is 18.2 Å². The molecule has 6 heteroatoms. The molecule has 0 radical (unpaired) electrons. The summed E-state index contributed by atoms with van der Waals surface area (Å²) in [6, 6.07) is 5.63. The van der Waals surface area contributed by atoms with E-state index in [0.29, 0.717) is 11.6 Å². The summed E-state index contributed by atoms with van der Waals surface area (Å²) in [5.41, 5.74) is 6.42. The van der Waals surface area contributed by atoms with Crippen LogP contribution < -0.4 is 15.8 Å². The number of nitrogens with two attached hydrogens (primary N) is 1. The predicted molar refractivity (Wildman–Crippen MR) is 70.4 cm³/mol. The first-order valence-electron chi connectivity index (χ1n) is 4.87. The van der Waals surface area contributed by atoms with Gasteiger partial charge in [0.1, 0.15) is 11.6 Å². The lowest BCUT2D eigenvalue weighted by atomic mass is 10.3. The molecular weight excluding hydrogens is 284 g/mol. The van der Waals surface area contributed by atoms with Gasteiger partial charge in [0, 0.05) is 5.69 Å². The highest BCUT2D eigenvalue weighted by molar-refractivity contribution is 9.10. The van der Waals surface area contributed by atoms with E-state index >= 15 is 0 Å². The van der Waals surface area contributed by atoms with Gasteiger partial charge in [0.2, 0.25) is 0 Å². The number of ether oxygens (including phenoxy) is 1. The molecule has 0 unspecified atom stereocenters. The first-order valence-corrected chi connectivity index (χ1v) is 5.66. The second-order valence-electron chi connectivity index (χ2n) is 3.30. The fraction of sp³-hybridized carbons (Fsp3) is 0.0909. The molecule has 0 bridgehead atoms. The van der Waals surface area contributed by atoms with E-state index in [9.17, 15) is 0 Å². The lowest BCUT2D eigenvalue weighted by Gasteiger charge is -2.08. The molecule has 5 nitrogen and oxygen atoms in total. The number of benzene rings is 1. The molecule has 3 N–H and O–H groups in total. The van der Waals surface area contributed by atoms with Crippen molar-refractivity contribution in [3.63, 3.8) is 0 Å². The number of nitrogens with one attached hydrogen (secondary N) is 1. The van der Waals surface area contributed by atoms with Gasteiger partial charge in [-0.05, 0) is 34.1 Å². The topological polar surface area (TPSA) is 73.1 Å². The van der Waals surface area contributed by atoms with E-state index in [1.165, 1.54) is 6.20 Å². The molecule has 0 spiro atoms. The van der Waals surface area contributed by atoms with Crippen molar-refractivity contribution in [1.29, 1.82) is 0 Å². The van der Waals surface area contributed by atoms with Crippen molar-refractivity contribution >= 4 is 33.3 Å². The van der Waals surface area contributed by atoms with Gasteiger partial charge >= 0.3 is 0 Å². The maximum atomic E-state index is 5.54. The number of rotatable bonds is 3. The van der Waals surface area contributed by atoms with Crippen molar-refractivity contribution in [2.45, 2.75) is 0 Å². The third-order valence-corrected chi connectivity index (χ3v) is 2.70. The first-order chi connectivity index (χ1) is 8.19. The molecule has 0 aliphatic rings. The minimum atomic E-state index is 0.377. The molecule has 1 aromatic carbocycles. The van der Waals surface area contributed by atoms with Crippen molar-refractivity contribution in [3.8, 4) is 5.75 Å². The summed E-state index contributed by atoms with van der Waals surface area (Å²) >= 11 is 3.41. The normalized spacial score (nSPS) is 10.0. The number of methoxy groups -OCH3 is 1. The van der Waals surface area contributed by atoms with Crippen LogP contribution in [-0.4, -0.2) is 17.1 Å². The third-order valence-electron chi connectivity index (χ3n) is 2.08. The predicted octanol–water partition coefficient (Wildman–Crippen LogP) is 2.57. The van der Waals surface area contributed by atoms with E-state index in [1.54, 1.807) is 13.3 Å². The molecule has 0 aliphatic carbocycles. The van der Waals surface area contributed by atoms with Gasteiger partial charge in [0.25, 0.3) is 0 Å². The van der Waals surface area contributed by atoms with Crippen LogP contribution in [0.3, 0.4) is 0 Å². The molecule has 17 heavy (non-hydrogen) atoms. The number of aromatic nitrogens is 2. The van der Waals surface area contributed by atoms with E-state index in [4.69, 9.17) is 10.5 Å². The van der Waals surface area contributed by atoms with Crippen LogP contribution in [0, 0.1) is 0 Å². The largest absolute Gasteiger partial charge is 0.496 e. The van der Waals surface area contributed by atoms with Gasteiger partial charge in [-0.1, -0.05) is 0 Å². The zero-order valence-electron chi connectivity index (χ0n) is 9.14. The summed E-state index contributed by atoms with van der Waals surface area (Å²) in [5, 5.41) is 3.10. The van der Waals surface area contributed by atoms with E-state index < -0.39 is 0 Å². The van der Waals surface area contributed by atoms with E-state index in [-0.39, 0.29) is 0 Å². The molecule has 0 atom stereocenters. The average molecular weight is 295 g/mol. The first kappa shape index (κ1) is 11.7. The summed E-state index contributed by atoms with van der Waals surface area (Å²) in [6.45, 7) is 0. The third kappa shape index (κ3) is 2.85. The van der Waals surface area contributed by atoms with Crippen LogP contribution in [0.1, 0.15) is 0 Å². The molecule has 2 rings (SSSR count). The molecule has 0 amide bonds. The number of hydrogen-bond acceptors (Lipinski definition) is 5. The monoisotopic (exact) mass is 294 g/mol. The van der Waals surface area contributed by atoms with Crippen molar-refractivity contribution in [2.24, 2.45) is 0 Å². The van der Waals surface area contributed by atoms with Crippen LogP contribution in [0.25, 0.3) is 0 Å². The highest BCUT2D eigenvalue weighted by Gasteiger charge is 2.02.